The van der Waals surface area contributed by atoms with Crippen LogP contribution in [0.4, 0.5) is 4.79 Å². The standard InChI is InChI=1S/C16H30N4O3/c1-12(2)22-9-6-17-14-18-10-13-11-19(7-8-20(13)14)15(21)23-16(3,4)5/h12-13H,6-11H2,1-5H3,(H,17,18). The van der Waals surface area contributed by atoms with Crippen molar-refractivity contribution >= 4 is 12.1 Å². The third-order valence-electron chi connectivity index (χ3n) is 3.69. The van der Waals surface area contributed by atoms with Gasteiger partial charge in [0.15, 0.2) is 5.96 Å². The molecule has 1 amide bonds. The van der Waals surface area contributed by atoms with E-state index in [1.165, 1.54) is 0 Å². The summed E-state index contributed by atoms with van der Waals surface area (Å²) in [5.41, 5.74) is -0.455. The molecule has 23 heavy (non-hydrogen) atoms. The minimum absolute atomic E-state index is 0.233. The van der Waals surface area contributed by atoms with E-state index in [4.69, 9.17) is 9.47 Å². The number of nitrogens with zero attached hydrogens (tertiary/aromatic N) is 3. The number of ether oxygens (including phenoxy) is 2. The molecule has 0 bridgehead atoms. The van der Waals surface area contributed by atoms with Gasteiger partial charge in [-0.3, -0.25) is 4.99 Å². The molecular formula is C16H30N4O3. The Morgan fingerprint density at radius 1 is 1.39 bits per heavy atom. The van der Waals surface area contributed by atoms with Gasteiger partial charge in [-0.15, -0.1) is 0 Å². The van der Waals surface area contributed by atoms with E-state index >= 15 is 0 Å². The molecule has 0 spiro atoms. The van der Waals surface area contributed by atoms with Crippen LogP contribution in [0.5, 0.6) is 0 Å². The number of nitrogens with one attached hydrogen (secondary N) is 1. The molecule has 1 N–H and O–H groups in total. The Kier molecular flexibility index (Phi) is 5.73. The molecule has 7 nitrogen and oxygen atoms in total. The largest absolute Gasteiger partial charge is 0.444 e. The molecule has 2 heterocycles. The predicted molar refractivity (Wildman–Crippen MR) is 89.7 cm³/mol. The molecule has 2 aliphatic heterocycles. The maximum absolute atomic E-state index is 12.2. The normalized spacial score (nSPS) is 21.3. The lowest BCUT2D eigenvalue weighted by molar-refractivity contribution is 0.0137. The molecule has 7 heteroatoms. The predicted octanol–water partition coefficient (Wildman–Crippen LogP) is 1.29. The van der Waals surface area contributed by atoms with Crippen LogP contribution in [0.25, 0.3) is 0 Å². The number of piperazine rings is 1. The molecule has 1 fully saturated rings. The van der Waals surface area contributed by atoms with E-state index in [2.05, 4.69) is 15.2 Å². The minimum Gasteiger partial charge on any atom is -0.444 e. The van der Waals surface area contributed by atoms with Crippen LogP contribution in [-0.2, 0) is 9.47 Å². The van der Waals surface area contributed by atoms with E-state index in [-0.39, 0.29) is 18.2 Å². The number of rotatable bonds is 4. The van der Waals surface area contributed by atoms with Crippen molar-refractivity contribution in [1.82, 2.24) is 15.1 Å². The molecule has 1 saturated heterocycles. The molecule has 0 aromatic rings. The first-order valence-corrected chi connectivity index (χ1v) is 8.41. The SMILES string of the molecule is CC(C)OCCNC1=NCC2CN(C(=O)OC(C)(C)C)CCN12. The fourth-order valence-electron chi connectivity index (χ4n) is 2.68. The molecule has 132 valence electrons. The first-order chi connectivity index (χ1) is 10.8. The van der Waals surface area contributed by atoms with E-state index in [0.717, 1.165) is 19.0 Å². The van der Waals surface area contributed by atoms with Gasteiger partial charge in [0, 0.05) is 26.2 Å². The highest BCUT2D eigenvalue weighted by Gasteiger charge is 2.36. The zero-order valence-electron chi connectivity index (χ0n) is 15.0. The molecule has 1 atom stereocenters. The van der Waals surface area contributed by atoms with E-state index in [0.29, 0.717) is 26.2 Å². The summed E-state index contributed by atoms with van der Waals surface area (Å²) in [4.78, 5) is 20.8. The lowest BCUT2D eigenvalue weighted by Gasteiger charge is -2.39. The summed E-state index contributed by atoms with van der Waals surface area (Å²) in [6, 6.07) is 0.241. The Hall–Kier alpha value is -1.50. The zero-order valence-corrected chi connectivity index (χ0v) is 15.0. The summed E-state index contributed by atoms with van der Waals surface area (Å²) in [7, 11) is 0. The highest BCUT2D eigenvalue weighted by Crippen LogP contribution is 2.18. The number of aliphatic imine (C=N–C) groups is 1. The third-order valence-corrected chi connectivity index (χ3v) is 3.69. The summed E-state index contributed by atoms with van der Waals surface area (Å²) >= 11 is 0. The van der Waals surface area contributed by atoms with Crippen molar-refractivity contribution < 1.29 is 14.3 Å². The van der Waals surface area contributed by atoms with E-state index < -0.39 is 5.60 Å². The lowest BCUT2D eigenvalue weighted by Crippen LogP contribution is -2.57. The van der Waals surface area contributed by atoms with Gasteiger partial charge in [-0.05, 0) is 34.6 Å². The van der Waals surface area contributed by atoms with Gasteiger partial charge in [-0.25, -0.2) is 4.79 Å². The Bertz CT molecular complexity index is 445. The molecule has 1 unspecified atom stereocenters. The van der Waals surface area contributed by atoms with Crippen LogP contribution in [0, 0.1) is 0 Å². The van der Waals surface area contributed by atoms with Gasteiger partial charge in [-0.1, -0.05) is 0 Å². The van der Waals surface area contributed by atoms with Crippen molar-refractivity contribution in [2.45, 2.75) is 52.4 Å². The number of fused-ring (bicyclic) bond motifs is 1. The molecule has 0 saturated carbocycles. The molecule has 0 aromatic carbocycles. The van der Waals surface area contributed by atoms with Crippen molar-refractivity contribution in [3.05, 3.63) is 0 Å². The average Bonchev–Trinajstić information content (AvgIpc) is 2.84. The number of hydrogen-bond donors (Lipinski definition) is 1. The van der Waals surface area contributed by atoms with Gasteiger partial charge < -0.3 is 24.6 Å². The maximum atomic E-state index is 12.2. The highest BCUT2D eigenvalue weighted by atomic mass is 16.6. The number of carbonyl (C=O) groups excluding carboxylic acids is 1. The highest BCUT2D eigenvalue weighted by molar-refractivity contribution is 5.82. The Balaban J connectivity index is 1.77. The van der Waals surface area contributed by atoms with Crippen molar-refractivity contribution in [3.8, 4) is 0 Å². The number of guanidine groups is 1. The van der Waals surface area contributed by atoms with Crippen LogP contribution in [0.3, 0.4) is 0 Å². The fraction of sp³-hybridized carbons (Fsp3) is 0.875. The zero-order chi connectivity index (χ0) is 17.0. The fourth-order valence-corrected chi connectivity index (χ4v) is 2.68. The second-order valence-corrected chi connectivity index (χ2v) is 7.28. The molecule has 0 aromatic heterocycles. The molecule has 0 radical (unpaired) electrons. The summed E-state index contributed by atoms with van der Waals surface area (Å²) in [6.45, 7) is 13.9. The van der Waals surface area contributed by atoms with Crippen LogP contribution in [0.2, 0.25) is 0 Å². The van der Waals surface area contributed by atoms with Crippen LogP contribution in [-0.4, -0.2) is 78.9 Å². The number of amides is 1. The second kappa shape index (κ2) is 7.38. The molecule has 2 rings (SSSR count). The van der Waals surface area contributed by atoms with Gasteiger partial charge in [-0.2, -0.15) is 0 Å². The summed E-state index contributed by atoms with van der Waals surface area (Å²) < 4.78 is 11.0. The molecule has 2 aliphatic rings. The lowest BCUT2D eigenvalue weighted by atomic mass is 10.2. The number of carbonyl (C=O) groups is 1. The van der Waals surface area contributed by atoms with E-state index in [1.807, 2.05) is 34.6 Å². The van der Waals surface area contributed by atoms with Crippen LogP contribution in [0.15, 0.2) is 4.99 Å². The number of hydrogen-bond acceptors (Lipinski definition) is 6. The van der Waals surface area contributed by atoms with Crippen LogP contribution in [0.1, 0.15) is 34.6 Å². The average molecular weight is 326 g/mol. The van der Waals surface area contributed by atoms with E-state index in [1.54, 1.807) is 4.90 Å². The van der Waals surface area contributed by atoms with Gasteiger partial charge in [0.25, 0.3) is 0 Å². The first kappa shape index (κ1) is 17.8. The van der Waals surface area contributed by atoms with Gasteiger partial charge in [0.1, 0.15) is 5.60 Å². The third kappa shape index (κ3) is 5.27. The van der Waals surface area contributed by atoms with Crippen molar-refractivity contribution in [2.24, 2.45) is 4.99 Å². The minimum atomic E-state index is -0.455. The smallest absolute Gasteiger partial charge is 0.410 e. The van der Waals surface area contributed by atoms with E-state index in [9.17, 15) is 4.79 Å². The summed E-state index contributed by atoms with van der Waals surface area (Å²) in [6.07, 6.45) is 0.0105. The first-order valence-electron chi connectivity index (χ1n) is 8.41. The Morgan fingerprint density at radius 2 is 2.13 bits per heavy atom. The maximum Gasteiger partial charge on any atom is 0.410 e. The van der Waals surface area contributed by atoms with Gasteiger partial charge >= 0.3 is 6.09 Å². The van der Waals surface area contributed by atoms with Gasteiger partial charge in [0.05, 0.1) is 25.3 Å². The van der Waals surface area contributed by atoms with Gasteiger partial charge in [0.2, 0.25) is 0 Å². The summed E-state index contributed by atoms with van der Waals surface area (Å²) in [5, 5.41) is 3.33. The molecule has 0 aliphatic carbocycles. The monoisotopic (exact) mass is 326 g/mol. The molecular weight excluding hydrogens is 296 g/mol. The van der Waals surface area contributed by atoms with Crippen LogP contribution < -0.4 is 5.32 Å². The second-order valence-electron chi connectivity index (χ2n) is 7.28. The van der Waals surface area contributed by atoms with Crippen molar-refractivity contribution in [2.75, 3.05) is 39.3 Å². The topological polar surface area (TPSA) is 66.4 Å². The summed E-state index contributed by atoms with van der Waals surface area (Å²) in [5.74, 6) is 0.922. The quantitative estimate of drug-likeness (QED) is 0.789. The van der Waals surface area contributed by atoms with Crippen molar-refractivity contribution in [1.29, 1.82) is 0 Å². The Labute approximate surface area is 139 Å². The Morgan fingerprint density at radius 3 is 2.78 bits per heavy atom. The van der Waals surface area contributed by atoms with Crippen molar-refractivity contribution in [3.63, 3.8) is 0 Å². The van der Waals surface area contributed by atoms with Crippen LogP contribution >= 0.6 is 0 Å².